The van der Waals surface area contributed by atoms with Gasteiger partial charge in [-0.2, -0.15) is 0 Å². The van der Waals surface area contributed by atoms with Crippen LogP contribution in [0.3, 0.4) is 0 Å². The molecule has 1 heterocycles. The van der Waals surface area contributed by atoms with Crippen molar-refractivity contribution in [3.63, 3.8) is 0 Å². The first-order valence-corrected chi connectivity index (χ1v) is 7.16. The van der Waals surface area contributed by atoms with Crippen molar-refractivity contribution >= 4 is 16.7 Å². The number of fused-ring (bicyclic) bond motifs is 1. The maximum atomic E-state index is 10.00. The Morgan fingerprint density at radius 1 is 1.30 bits per heavy atom. The number of imidazole rings is 1. The summed E-state index contributed by atoms with van der Waals surface area (Å²) in [4.78, 5) is 4.55. The number of aromatic nitrogens is 2. The first-order chi connectivity index (χ1) is 9.22. The standard InChI is InChI=1S/C16H25N3O/c1-10(2)16(4,5)9-19-14-7-6-12(17)8-13(14)18-15(19)11(3)20/h6-8,10-11,20H,9,17H2,1-5H3. The Morgan fingerprint density at radius 2 is 1.95 bits per heavy atom. The van der Waals surface area contributed by atoms with Gasteiger partial charge in [-0.3, -0.25) is 0 Å². The fourth-order valence-corrected chi connectivity index (χ4v) is 2.24. The lowest BCUT2D eigenvalue weighted by molar-refractivity contribution is 0.167. The van der Waals surface area contributed by atoms with Crippen LogP contribution in [0.5, 0.6) is 0 Å². The van der Waals surface area contributed by atoms with Crippen LogP contribution in [0, 0.1) is 11.3 Å². The van der Waals surface area contributed by atoms with Crippen molar-refractivity contribution in [2.45, 2.75) is 47.3 Å². The molecule has 110 valence electrons. The molecule has 3 N–H and O–H groups in total. The topological polar surface area (TPSA) is 64.1 Å². The normalized spacial score (nSPS) is 14.2. The number of benzene rings is 1. The van der Waals surface area contributed by atoms with Crippen LogP contribution >= 0.6 is 0 Å². The largest absolute Gasteiger partial charge is 0.399 e. The quantitative estimate of drug-likeness (QED) is 0.841. The lowest BCUT2D eigenvalue weighted by Crippen LogP contribution is -2.27. The average molecular weight is 275 g/mol. The van der Waals surface area contributed by atoms with E-state index in [1.807, 2.05) is 18.2 Å². The van der Waals surface area contributed by atoms with E-state index in [1.54, 1.807) is 6.92 Å². The highest BCUT2D eigenvalue weighted by Gasteiger charge is 2.26. The van der Waals surface area contributed by atoms with Crippen molar-refractivity contribution in [1.29, 1.82) is 0 Å². The second-order valence-electron chi connectivity index (χ2n) is 6.62. The highest BCUT2D eigenvalue weighted by atomic mass is 16.3. The second kappa shape index (κ2) is 5.09. The number of hydrogen-bond acceptors (Lipinski definition) is 3. The van der Waals surface area contributed by atoms with Crippen LogP contribution < -0.4 is 5.73 Å². The highest BCUT2D eigenvalue weighted by Crippen LogP contribution is 2.32. The summed E-state index contributed by atoms with van der Waals surface area (Å²) in [5.41, 5.74) is 8.52. The SMILES string of the molecule is CC(O)c1nc2cc(N)ccc2n1CC(C)(C)C(C)C. The van der Waals surface area contributed by atoms with Gasteiger partial charge in [0, 0.05) is 12.2 Å². The van der Waals surface area contributed by atoms with Crippen LogP contribution in [0.2, 0.25) is 0 Å². The summed E-state index contributed by atoms with van der Waals surface area (Å²) in [6.45, 7) is 11.5. The predicted molar refractivity (Wildman–Crippen MR) is 83.4 cm³/mol. The van der Waals surface area contributed by atoms with E-state index >= 15 is 0 Å². The van der Waals surface area contributed by atoms with Crippen molar-refractivity contribution in [2.24, 2.45) is 11.3 Å². The van der Waals surface area contributed by atoms with Crippen LogP contribution in [-0.4, -0.2) is 14.7 Å². The van der Waals surface area contributed by atoms with Crippen molar-refractivity contribution in [2.75, 3.05) is 5.73 Å². The maximum Gasteiger partial charge on any atom is 0.138 e. The van der Waals surface area contributed by atoms with Crippen molar-refractivity contribution in [3.05, 3.63) is 24.0 Å². The van der Waals surface area contributed by atoms with Gasteiger partial charge in [0.05, 0.1) is 11.0 Å². The van der Waals surface area contributed by atoms with Gasteiger partial charge in [0.25, 0.3) is 0 Å². The number of aliphatic hydroxyl groups is 1. The lowest BCUT2D eigenvalue weighted by atomic mass is 9.81. The Balaban J connectivity index is 2.57. The number of aliphatic hydroxyl groups excluding tert-OH is 1. The van der Waals surface area contributed by atoms with Gasteiger partial charge in [0.2, 0.25) is 0 Å². The molecule has 20 heavy (non-hydrogen) atoms. The van der Waals surface area contributed by atoms with Crippen LogP contribution in [0.25, 0.3) is 11.0 Å². The highest BCUT2D eigenvalue weighted by molar-refractivity contribution is 5.79. The molecule has 0 saturated carbocycles. The third kappa shape index (κ3) is 2.66. The van der Waals surface area contributed by atoms with Crippen molar-refractivity contribution in [1.82, 2.24) is 9.55 Å². The maximum absolute atomic E-state index is 10.00. The number of nitrogens with two attached hydrogens (primary N) is 1. The van der Waals surface area contributed by atoms with Gasteiger partial charge in [-0.25, -0.2) is 4.98 Å². The summed E-state index contributed by atoms with van der Waals surface area (Å²) in [6.07, 6.45) is -0.591. The third-order valence-electron chi connectivity index (χ3n) is 4.30. The average Bonchev–Trinajstić information content (AvgIpc) is 2.66. The molecule has 1 aromatic heterocycles. The van der Waals surface area contributed by atoms with E-state index in [0.717, 1.165) is 17.6 Å². The third-order valence-corrected chi connectivity index (χ3v) is 4.30. The predicted octanol–water partition coefficient (Wildman–Crippen LogP) is 3.35. The summed E-state index contributed by atoms with van der Waals surface area (Å²) in [6, 6.07) is 5.73. The summed E-state index contributed by atoms with van der Waals surface area (Å²) in [5.74, 6) is 1.25. The van der Waals surface area contributed by atoms with E-state index in [-0.39, 0.29) is 5.41 Å². The van der Waals surface area contributed by atoms with Crippen molar-refractivity contribution < 1.29 is 5.11 Å². The van der Waals surface area contributed by atoms with Gasteiger partial charge in [-0.05, 0) is 36.5 Å². The molecular formula is C16H25N3O. The Bertz CT molecular complexity index is 611. The summed E-state index contributed by atoms with van der Waals surface area (Å²) < 4.78 is 2.12. The summed E-state index contributed by atoms with van der Waals surface area (Å²) in [7, 11) is 0. The summed E-state index contributed by atoms with van der Waals surface area (Å²) in [5, 5.41) is 10.00. The van der Waals surface area contributed by atoms with Gasteiger partial charge < -0.3 is 15.4 Å². The minimum atomic E-state index is -0.591. The van der Waals surface area contributed by atoms with Crippen LogP contribution in [0.15, 0.2) is 18.2 Å². The Hall–Kier alpha value is -1.55. The molecule has 2 rings (SSSR count). The first-order valence-electron chi connectivity index (χ1n) is 7.16. The van der Waals surface area contributed by atoms with E-state index in [4.69, 9.17) is 5.73 Å². The molecule has 1 unspecified atom stereocenters. The van der Waals surface area contributed by atoms with Crippen LogP contribution in [-0.2, 0) is 6.54 Å². The zero-order valence-corrected chi connectivity index (χ0v) is 13.0. The molecule has 0 aliphatic heterocycles. The van der Waals surface area contributed by atoms with E-state index in [2.05, 4.69) is 37.2 Å². The number of anilines is 1. The molecule has 0 fully saturated rings. The molecule has 0 radical (unpaired) electrons. The van der Waals surface area contributed by atoms with Gasteiger partial charge in [-0.1, -0.05) is 27.7 Å². The molecular weight excluding hydrogens is 250 g/mol. The monoisotopic (exact) mass is 275 g/mol. The molecule has 0 aliphatic carbocycles. The zero-order chi connectivity index (χ0) is 15.1. The van der Waals surface area contributed by atoms with E-state index in [1.165, 1.54) is 0 Å². The lowest BCUT2D eigenvalue weighted by Gasteiger charge is -2.31. The van der Waals surface area contributed by atoms with Crippen LogP contribution in [0.1, 0.15) is 46.5 Å². The number of hydrogen-bond donors (Lipinski definition) is 2. The molecule has 0 spiro atoms. The second-order valence-corrected chi connectivity index (χ2v) is 6.62. The molecule has 0 aliphatic rings. The number of rotatable bonds is 4. The van der Waals surface area contributed by atoms with E-state index in [0.29, 0.717) is 17.4 Å². The van der Waals surface area contributed by atoms with Crippen molar-refractivity contribution in [3.8, 4) is 0 Å². The van der Waals surface area contributed by atoms with Gasteiger partial charge >= 0.3 is 0 Å². The van der Waals surface area contributed by atoms with E-state index in [9.17, 15) is 5.11 Å². The smallest absolute Gasteiger partial charge is 0.138 e. The Labute approximate surface area is 120 Å². The molecule has 2 aromatic rings. The van der Waals surface area contributed by atoms with E-state index < -0.39 is 6.10 Å². The molecule has 4 heteroatoms. The first kappa shape index (κ1) is 14.9. The Kier molecular flexibility index (Phi) is 3.78. The molecule has 0 saturated heterocycles. The molecule has 0 bridgehead atoms. The van der Waals surface area contributed by atoms with Gasteiger partial charge in [0.1, 0.15) is 11.9 Å². The number of nitrogens with zero attached hydrogens (tertiary/aromatic N) is 2. The fraction of sp³-hybridized carbons (Fsp3) is 0.562. The number of nitrogen functional groups attached to an aromatic ring is 1. The molecule has 1 atom stereocenters. The fourth-order valence-electron chi connectivity index (χ4n) is 2.24. The minimum Gasteiger partial charge on any atom is -0.399 e. The van der Waals surface area contributed by atoms with Gasteiger partial charge in [-0.15, -0.1) is 0 Å². The molecule has 0 amide bonds. The van der Waals surface area contributed by atoms with Crippen LogP contribution in [0.4, 0.5) is 5.69 Å². The zero-order valence-electron chi connectivity index (χ0n) is 13.0. The van der Waals surface area contributed by atoms with Gasteiger partial charge in [0.15, 0.2) is 0 Å². The molecule has 4 nitrogen and oxygen atoms in total. The molecule has 1 aromatic carbocycles. The minimum absolute atomic E-state index is 0.124. The Morgan fingerprint density at radius 3 is 2.50 bits per heavy atom. The summed E-state index contributed by atoms with van der Waals surface area (Å²) >= 11 is 0.